The maximum Gasteiger partial charge on any atom is 0.414 e. The minimum absolute atomic E-state index is 0.0750. The van der Waals surface area contributed by atoms with Crippen molar-refractivity contribution >= 4 is 31.6 Å². The van der Waals surface area contributed by atoms with Crippen LogP contribution in [0.1, 0.15) is 0 Å². The van der Waals surface area contributed by atoms with Crippen LogP contribution in [0.3, 0.4) is 0 Å². The van der Waals surface area contributed by atoms with Gasteiger partial charge in [0, 0.05) is 20.1 Å². The van der Waals surface area contributed by atoms with E-state index in [1.54, 1.807) is 12.1 Å². The Morgan fingerprint density at radius 3 is 2.63 bits per heavy atom. The van der Waals surface area contributed by atoms with Crippen LogP contribution >= 0.6 is 0 Å². The Balaban J connectivity index is 1.68. The van der Waals surface area contributed by atoms with Crippen molar-refractivity contribution in [1.29, 1.82) is 0 Å². The standard InChI is InChI=1S/C18H26FN3O4Si/c1-20(17(23)24)11-14-12-22(18(25)26-14)13-4-5-16(15(19)10-13)21-6-8-27(2,3)9-7-21/h4-5,10,14H,6-9,11-12H2,1-3H3,(H,23,24)/t14-/m0/s1. The molecule has 0 unspecified atom stereocenters. The number of hydrogen-bond acceptors (Lipinski definition) is 4. The molecule has 2 aliphatic heterocycles. The fourth-order valence-corrected chi connectivity index (χ4v) is 5.48. The van der Waals surface area contributed by atoms with E-state index in [4.69, 9.17) is 9.84 Å². The third-order valence-corrected chi connectivity index (χ3v) is 8.53. The maximum atomic E-state index is 14.7. The van der Waals surface area contributed by atoms with Gasteiger partial charge >= 0.3 is 12.2 Å². The zero-order valence-electron chi connectivity index (χ0n) is 15.9. The highest BCUT2D eigenvalue weighted by molar-refractivity contribution is 6.77. The lowest BCUT2D eigenvalue weighted by Gasteiger charge is -2.37. The minimum Gasteiger partial charge on any atom is -0.465 e. The summed E-state index contributed by atoms with van der Waals surface area (Å²) in [4.78, 5) is 27.5. The Bertz CT molecular complexity index is 735. The molecule has 1 aromatic rings. The summed E-state index contributed by atoms with van der Waals surface area (Å²) < 4.78 is 19.9. The first kappa shape index (κ1) is 19.5. The summed E-state index contributed by atoms with van der Waals surface area (Å²) in [5, 5.41) is 8.93. The molecule has 0 aromatic heterocycles. The van der Waals surface area contributed by atoms with Crippen LogP contribution in [0.2, 0.25) is 25.2 Å². The first-order valence-corrected chi connectivity index (χ1v) is 12.5. The molecule has 0 radical (unpaired) electrons. The van der Waals surface area contributed by atoms with Gasteiger partial charge in [-0.3, -0.25) is 4.90 Å². The number of cyclic esters (lactones) is 1. The van der Waals surface area contributed by atoms with Gasteiger partial charge in [-0.2, -0.15) is 0 Å². The first-order chi connectivity index (χ1) is 12.7. The number of anilines is 2. The van der Waals surface area contributed by atoms with Crippen molar-refractivity contribution in [3.05, 3.63) is 24.0 Å². The third-order valence-electron chi connectivity index (χ3n) is 5.38. The number of hydrogen-bond donors (Lipinski definition) is 1. The van der Waals surface area contributed by atoms with E-state index >= 15 is 0 Å². The predicted molar refractivity (Wildman–Crippen MR) is 104 cm³/mol. The Labute approximate surface area is 159 Å². The van der Waals surface area contributed by atoms with Crippen LogP contribution in [-0.4, -0.2) is 69.6 Å². The highest BCUT2D eigenvalue weighted by Crippen LogP contribution is 2.31. The zero-order chi connectivity index (χ0) is 19.8. The van der Waals surface area contributed by atoms with Gasteiger partial charge in [-0.15, -0.1) is 0 Å². The van der Waals surface area contributed by atoms with Gasteiger partial charge in [-0.1, -0.05) is 13.1 Å². The average molecular weight is 396 g/mol. The van der Waals surface area contributed by atoms with Crippen molar-refractivity contribution < 1.29 is 23.8 Å². The Hall–Kier alpha value is -2.29. The maximum absolute atomic E-state index is 14.7. The third kappa shape index (κ3) is 4.34. The highest BCUT2D eigenvalue weighted by Gasteiger charge is 2.34. The Morgan fingerprint density at radius 2 is 2.04 bits per heavy atom. The number of halogens is 1. The van der Waals surface area contributed by atoms with E-state index in [1.807, 2.05) is 0 Å². The molecule has 2 amide bonds. The van der Waals surface area contributed by atoms with Gasteiger partial charge in [0.2, 0.25) is 0 Å². The van der Waals surface area contributed by atoms with Gasteiger partial charge in [-0.05, 0) is 30.3 Å². The van der Waals surface area contributed by atoms with Crippen LogP contribution in [0.15, 0.2) is 18.2 Å². The van der Waals surface area contributed by atoms with Crippen LogP contribution in [-0.2, 0) is 4.74 Å². The molecule has 148 valence electrons. The molecule has 9 heteroatoms. The molecule has 2 heterocycles. The lowest BCUT2D eigenvalue weighted by molar-refractivity contribution is 0.106. The predicted octanol–water partition coefficient (Wildman–Crippen LogP) is 3.29. The molecule has 3 rings (SSSR count). The van der Waals surface area contributed by atoms with Crippen molar-refractivity contribution in [2.24, 2.45) is 0 Å². The SMILES string of the molecule is CN(C[C@H]1CN(c2ccc(N3CC[Si](C)(C)CC3)c(F)c2)C(=O)O1)C(=O)O. The molecule has 0 spiro atoms. The summed E-state index contributed by atoms with van der Waals surface area (Å²) >= 11 is 0. The van der Waals surface area contributed by atoms with Crippen LogP contribution in [0.4, 0.5) is 25.4 Å². The summed E-state index contributed by atoms with van der Waals surface area (Å²) in [6.07, 6.45) is -2.25. The van der Waals surface area contributed by atoms with Crippen molar-refractivity contribution in [1.82, 2.24) is 4.90 Å². The number of ether oxygens (including phenoxy) is 1. The van der Waals surface area contributed by atoms with E-state index in [1.165, 1.54) is 18.0 Å². The van der Waals surface area contributed by atoms with Crippen molar-refractivity contribution in [3.8, 4) is 0 Å². The monoisotopic (exact) mass is 395 g/mol. The fraction of sp³-hybridized carbons (Fsp3) is 0.556. The quantitative estimate of drug-likeness (QED) is 0.792. The molecule has 1 aromatic carbocycles. The van der Waals surface area contributed by atoms with E-state index in [2.05, 4.69) is 18.0 Å². The van der Waals surface area contributed by atoms with Gasteiger partial charge in [0.1, 0.15) is 11.9 Å². The van der Waals surface area contributed by atoms with Crippen LogP contribution < -0.4 is 9.80 Å². The largest absolute Gasteiger partial charge is 0.465 e. The summed E-state index contributed by atoms with van der Waals surface area (Å²) in [5.74, 6) is -0.354. The molecule has 0 aliphatic carbocycles. The number of rotatable bonds is 4. The van der Waals surface area contributed by atoms with Crippen molar-refractivity contribution in [2.45, 2.75) is 31.3 Å². The van der Waals surface area contributed by atoms with Crippen LogP contribution in [0.5, 0.6) is 0 Å². The Morgan fingerprint density at radius 1 is 1.37 bits per heavy atom. The fourth-order valence-electron chi connectivity index (χ4n) is 3.48. The number of benzene rings is 1. The zero-order valence-corrected chi connectivity index (χ0v) is 16.9. The van der Waals surface area contributed by atoms with Gasteiger partial charge in [-0.25, -0.2) is 14.0 Å². The second-order valence-corrected chi connectivity index (χ2v) is 13.4. The Kier molecular flexibility index (Phi) is 5.32. The molecule has 0 bridgehead atoms. The molecular weight excluding hydrogens is 369 g/mol. The van der Waals surface area contributed by atoms with E-state index in [9.17, 15) is 14.0 Å². The van der Waals surface area contributed by atoms with Crippen molar-refractivity contribution in [3.63, 3.8) is 0 Å². The van der Waals surface area contributed by atoms with Gasteiger partial charge in [0.05, 0.1) is 32.5 Å². The molecule has 2 fully saturated rings. The van der Waals surface area contributed by atoms with Crippen LogP contribution in [0, 0.1) is 5.82 Å². The number of amides is 2. The molecule has 2 aliphatic rings. The van der Waals surface area contributed by atoms with E-state index in [-0.39, 0.29) is 18.9 Å². The highest BCUT2D eigenvalue weighted by atomic mass is 28.3. The summed E-state index contributed by atoms with van der Waals surface area (Å²) in [5.41, 5.74) is 0.992. The average Bonchev–Trinajstić information content (AvgIpc) is 2.95. The smallest absolute Gasteiger partial charge is 0.414 e. The van der Waals surface area contributed by atoms with Gasteiger partial charge < -0.3 is 19.6 Å². The lowest BCUT2D eigenvalue weighted by atomic mass is 10.2. The molecule has 0 saturated carbocycles. The molecule has 27 heavy (non-hydrogen) atoms. The molecule has 7 nitrogen and oxygen atoms in total. The van der Waals surface area contributed by atoms with Gasteiger partial charge in [0.25, 0.3) is 0 Å². The first-order valence-electron chi connectivity index (χ1n) is 9.13. The molecule has 2 saturated heterocycles. The molecule has 1 atom stereocenters. The summed E-state index contributed by atoms with van der Waals surface area (Å²) in [6, 6.07) is 7.09. The number of carbonyl (C=O) groups is 2. The number of nitrogens with zero attached hydrogens (tertiary/aromatic N) is 3. The second kappa shape index (κ2) is 7.38. The molecule has 1 N–H and O–H groups in total. The van der Waals surface area contributed by atoms with Gasteiger partial charge in [0.15, 0.2) is 0 Å². The summed E-state index contributed by atoms with van der Waals surface area (Å²) in [6.45, 7) is 6.72. The van der Waals surface area contributed by atoms with E-state index < -0.39 is 26.4 Å². The number of likely N-dealkylation sites (N-methyl/N-ethyl adjacent to an activating group) is 1. The minimum atomic E-state index is -1.13. The van der Waals surface area contributed by atoms with Crippen LogP contribution in [0.25, 0.3) is 0 Å². The number of carbonyl (C=O) groups excluding carboxylic acids is 1. The second-order valence-electron chi connectivity index (χ2n) is 8.07. The van der Waals surface area contributed by atoms with E-state index in [0.29, 0.717) is 11.4 Å². The molecular formula is C18H26FN3O4Si. The number of carboxylic acid groups (broad SMARTS) is 1. The normalized spacial score (nSPS) is 21.9. The lowest BCUT2D eigenvalue weighted by Crippen LogP contribution is -2.43. The topological polar surface area (TPSA) is 73.3 Å². The van der Waals surface area contributed by atoms with E-state index in [0.717, 1.165) is 30.1 Å². The summed E-state index contributed by atoms with van der Waals surface area (Å²) in [7, 11) is 0.280. The van der Waals surface area contributed by atoms with Crippen molar-refractivity contribution in [2.75, 3.05) is 43.0 Å².